The van der Waals surface area contributed by atoms with Gasteiger partial charge in [-0.3, -0.25) is 0 Å². The third-order valence-electron chi connectivity index (χ3n) is 0.932. The molecule has 1 N–H and O–H groups in total. The van der Waals surface area contributed by atoms with Gasteiger partial charge in [-0.15, -0.1) is 0 Å². The fraction of sp³-hybridized carbons (Fsp3) is 0.167. The van der Waals surface area contributed by atoms with Gasteiger partial charge < -0.3 is 14.3 Å². The number of hydrogen-bond donors (Lipinski definition) is 1. The third kappa shape index (κ3) is 1.32. The standard InChI is InChI=1S/C6H6O3/c7-4-3-5-1-2-6(8)9-5/h1-2,4,8H,3H2. The summed E-state index contributed by atoms with van der Waals surface area (Å²) in [5.74, 6) is 0.342. The van der Waals surface area contributed by atoms with E-state index >= 15 is 0 Å². The molecule has 1 aromatic rings. The van der Waals surface area contributed by atoms with Gasteiger partial charge in [0.05, 0.1) is 6.42 Å². The highest BCUT2D eigenvalue weighted by atomic mass is 16.5. The Morgan fingerprint density at radius 1 is 1.67 bits per heavy atom. The number of carbonyl (C=O) groups excluding carboxylic acids is 1. The van der Waals surface area contributed by atoms with E-state index in [9.17, 15) is 4.79 Å². The highest BCUT2D eigenvalue weighted by molar-refractivity contribution is 5.53. The van der Waals surface area contributed by atoms with Gasteiger partial charge >= 0.3 is 0 Å². The second-order valence-electron chi connectivity index (χ2n) is 1.61. The van der Waals surface area contributed by atoms with Crippen molar-refractivity contribution in [3.8, 4) is 5.95 Å². The Labute approximate surface area is 51.9 Å². The molecule has 0 radical (unpaired) electrons. The Balaban J connectivity index is 2.72. The zero-order chi connectivity index (χ0) is 6.69. The van der Waals surface area contributed by atoms with Gasteiger partial charge in [-0.2, -0.15) is 0 Å². The molecule has 1 rings (SSSR count). The Morgan fingerprint density at radius 2 is 2.44 bits per heavy atom. The van der Waals surface area contributed by atoms with Crippen LogP contribution in [-0.2, 0) is 11.2 Å². The lowest BCUT2D eigenvalue weighted by Crippen LogP contribution is -1.78. The van der Waals surface area contributed by atoms with E-state index in [1.807, 2.05) is 0 Å². The van der Waals surface area contributed by atoms with Crippen LogP contribution in [-0.4, -0.2) is 11.4 Å². The maximum absolute atomic E-state index is 9.84. The van der Waals surface area contributed by atoms with Crippen molar-refractivity contribution in [1.82, 2.24) is 0 Å². The van der Waals surface area contributed by atoms with Crippen molar-refractivity contribution in [3.05, 3.63) is 17.9 Å². The fourth-order valence-corrected chi connectivity index (χ4v) is 0.558. The molecule has 48 valence electrons. The molecular weight excluding hydrogens is 120 g/mol. The largest absolute Gasteiger partial charge is 0.481 e. The van der Waals surface area contributed by atoms with Gasteiger partial charge in [0.15, 0.2) is 0 Å². The molecule has 0 saturated heterocycles. The summed E-state index contributed by atoms with van der Waals surface area (Å²) in [6.45, 7) is 0. The number of furan rings is 1. The molecule has 1 aromatic heterocycles. The molecule has 0 amide bonds. The molecule has 0 aliphatic rings. The SMILES string of the molecule is O=CCc1ccc(O)o1. The van der Waals surface area contributed by atoms with Gasteiger partial charge in [-0.05, 0) is 6.07 Å². The molecule has 0 bridgehead atoms. The maximum atomic E-state index is 9.84. The van der Waals surface area contributed by atoms with Crippen LogP contribution >= 0.6 is 0 Å². The lowest BCUT2D eigenvalue weighted by atomic mass is 10.4. The highest BCUT2D eigenvalue weighted by Gasteiger charge is 1.96. The molecule has 0 atom stereocenters. The quantitative estimate of drug-likeness (QED) is 0.594. The zero-order valence-corrected chi connectivity index (χ0v) is 4.70. The smallest absolute Gasteiger partial charge is 0.281 e. The zero-order valence-electron chi connectivity index (χ0n) is 4.70. The molecule has 0 unspecified atom stereocenters. The van der Waals surface area contributed by atoms with E-state index in [1.54, 1.807) is 6.07 Å². The molecule has 1 heterocycles. The van der Waals surface area contributed by atoms with Crippen molar-refractivity contribution >= 4 is 6.29 Å². The van der Waals surface area contributed by atoms with E-state index in [1.165, 1.54) is 6.07 Å². The molecule has 0 saturated carbocycles. The van der Waals surface area contributed by atoms with Gasteiger partial charge in [0.1, 0.15) is 12.0 Å². The molecule has 0 fully saturated rings. The van der Waals surface area contributed by atoms with Crippen molar-refractivity contribution in [2.45, 2.75) is 6.42 Å². The van der Waals surface area contributed by atoms with E-state index < -0.39 is 0 Å². The summed E-state index contributed by atoms with van der Waals surface area (Å²) in [5, 5.41) is 8.60. The Hall–Kier alpha value is -1.25. The summed E-state index contributed by atoms with van der Waals surface area (Å²) in [5.41, 5.74) is 0. The molecule has 3 heteroatoms. The highest BCUT2D eigenvalue weighted by Crippen LogP contribution is 2.12. The Kier molecular flexibility index (Phi) is 1.53. The molecule has 0 aliphatic carbocycles. The van der Waals surface area contributed by atoms with Crippen LogP contribution in [0.25, 0.3) is 0 Å². The first kappa shape index (κ1) is 5.88. The first-order valence-corrected chi connectivity index (χ1v) is 2.54. The Bertz CT molecular complexity index is 202. The van der Waals surface area contributed by atoms with Crippen LogP contribution in [0.2, 0.25) is 0 Å². The van der Waals surface area contributed by atoms with Crippen molar-refractivity contribution in [2.75, 3.05) is 0 Å². The van der Waals surface area contributed by atoms with Crippen LogP contribution < -0.4 is 0 Å². The summed E-state index contributed by atoms with van der Waals surface area (Å²) in [4.78, 5) is 9.84. The number of aromatic hydroxyl groups is 1. The van der Waals surface area contributed by atoms with Crippen LogP contribution in [0.15, 0.2) is 16.5 Å². The molecule has 3 nitrogen and oxygen atoms in total. The van der Waals surface area contributed by atoms with Gasteiger partial charge in [0.25, 0.3) is 5.95 Å². The van der Waals surface area contributed by atoms with Crippen molar-refractivity contribution < 1.29 is 14.3 Å². The minimum absolute atomic E-state index is 0.146. The van der Waals surface area contributed by atoms with E-state index in [0.29, 0.717) is 5.76 Å². The first-order chi connectivity index (χ1) is 4.33. The summed E-state index contributed by atoms with van der Waals surface area (Å²) < 4.78 is 4.65. The van der Waals surface area contributed by atoms with Crippen LogP contribution in [0.1, 0.15) is 5.76 Å². The van der Waals surface area contributed by atoms with E-state index in [-0.39, 0.29) is 12.4 Å². The number of hydrogen-bond acceptors (Lipinski definition) is 3. The second-order valence-corrected chi connectivity index (χ2v) is 1.61. The lowest BCUT2D eigenvalue weighted by Gasteiger charge is -1.81. The van der Waals surface area contributed by atoms with Gasteiger partial charge in [0.2, 0.25) is 0 Å². The number of carbonyl (C=O) groups is 1. The van der Waals surface area contributed by atoms with Crippen molar-refractivity contribution in [3.63, 3.8) is 0 Å². The topological polar surface area (TPSA) is 50.4 Å². The second kappa shape index (κ2) is 2.35. The normalized spacial score (nSPS) is 9.33. The van der Waals surface area contributed by atoms with E-state index in [0.717, 1.165) is 6.29 Å². The predicted molar refractivity (Wildman–Crippen MR) is 30.1 cm³/mol. The van der Waals surface area contributed by atoms with E-state index in [4.69, 9.17) is 5.11 Å². The Morgan fingerprint density at radius 3 is 2.89 bits per heavy atom. The minimum Gasteiger partial charge on any atom is -0.481 e. The van der Waals surface area contributed by atoms with Crippen LogP contribution in [0.3, 0.4) is 0 Å². The molecule has 0 aromatic carbocycles. The average Bonchev–Trinajstić information content (AvgIpc) is 2.17. The predicted octanol–water partition coefficient (Wildman–Crippen LogP) is 0.727. The lowest BCUT2D eigenvalue weighted by molar-refractivity contribution is -0.107. The monoisotopic (exact) mass is 126 g/mol. The van der Waals surface area contributed by atoms with Crippen LogP contribution in [0, 0.1) is 0 Å². The third-order valence-corrected chi connectivity index (χ3v) is 0.932. The summed E-state index contributed by atoms with van der Waals surface area (Å²) in [6.07, 6.45) is 0.943. The van der Waals surface area contributed by atoms with Crippen molar-refractivity contribution in [1.29, 1.82) is 0 Å². The minimum atomic E-state index is -0.146. The summed E-state index contributed by atoms with van der Waals surface area (Å²) in [6, 6.07) is 2.96. The average molecular weight is 126 g/mol. The van der Waals surface area contributed by atoms with Gasteiger partial charge in [0, 0.05) is 6.07 Å². The summed E-state index contributed by atoms with van der Waals surface area (Å²) >= 11 is 0. The maximum Gasteiger partial charge on any atom is 0.281 e. The molecule has 0 aliphatic heterocycles. The summed E-state index contributed by atoms with van der Waals surface area (Å²) in [7, 11) is 0. The molecule has 9 heavy (non-hydrogen) atoms. The number of rotatable bonds is 2. The van der Waals surface area contributed by atoms with Gasteiger partial charge in [-0.25, -0.2) is 0 Å². The van der Waals surface area contributed by atoms with Crippen LogP contribution in [0.4, 0.5) is 0 Å². The molecule has 0 spiro atoms. The fourth-order valence-electron chi connectivity index (χ4n) is 0.558. The van der Waals surface area contributed by atoms with Crippen molar-refractivity contribution in [2.24, 2.45) is 0 Å². The molecular formula is C6H6O3. The van der Waals surface area contributed by atoms with E-state index in [2.05, 4.69) is 4.42 Å². The number of aldehydes is 1. The first-order valence-electron chi connectivity index (χ1n) is 2.54. The van der Waals surface area contributed by atoms with Crippen LogP contribution in [0.5, 0.6) is 5.95 Å². The van der Waals surface area contributed by atoms with Gasteiger partial charge in [-0.1, -0.05) is 0 Å².